The Labute approximate surface area is 107 Å². The Balaban J connectivity index is 1.49. The highest BCUT2D eigenvalue weighted by Crippen LogP contribution is 2.37. The van der Waals surface area contributed by atoms with Gasteiger partial charge >= 0.3 is 6.03 Å². The van der Waals surface area contributed by atoms with Crippen molar-refractivity contribution in [2.45, 2.75) is 25.3 Å². The molecular formula is C10H12N6OS. The van der Waals surface area contributed by atoms with Gasteiger partial charge in [-0.05, 0) is 12.8 Å². The molecule has 2 amide bonds. The van der Waals surface area contributed by atoms with E-state index in [0.29, 0.717) is 23.4 Å². The molecule has 1 fully saturated rings. The molecule has 2 aromatic rings. The van der Waals surface area contributed by atoms with Crippen LogP contribution >= 0.6 is 11.3 Å². The van der Waals surface area contributed by atoms with Crippen molar-refractivity contribution in [3.05, 3.63) is 23.2 Å². The molecule has 18 heavy (non-hydrogen) atoms. The molecule has 1 saturated carbocycles. The highest BCUT2D eigenvalue weighted by atomic mass is 32.1. The van der Waals surface area contributed by atoms with E-state index < -0.39 is 0 Å². The maximum Gasteiger partial charge on any atom is 0.321 e. The van der Waals surface area contributed by atoms with E-state index in [1.54, 1.807) is 11.6 Å². The van der Waals surface area contributed by atoms with Gasteiger partial charge in [0, 0.05) is 17.5 Å². The fourth-order valence-electron chi connectivity index (χ4n) is 1.50. The summed E-state index contributed by atoms with van der Waals surface area (Å²) in [5.74, 6) is 2.04. The first-order chi connectivity index (χ1) is 8.81. The number of nitrogens with one attached hydrogen (secondary N) is 3. The number of H-pyrrole nitrogens is 1. The zero-order valence-corrected chi connectivity index (χ0v) is 10.3. The summed E-state index contributed by atoms with van der Waals surface area (Å²) < 4.78 is 0. The van der Waals surface area contributed by atoms with Crippen molar-refractivity contribution in [3.63, 3.8) is 0 Å². The Morgan fingerprint density at radius 1 is 1.56 bits per heavy atom. The fraction of sp³-hybridized carbons (Fsp3) is 0.400. The summed E-state index contributed by atoms with van der Waals surface area (Å²) in [7, 11) is 0. The van der Waals surface area contributed by atoms with Gasteiger partial charge < -0.3 is 5.32 Å². The zero-order valence-electron chi connectivity index (χ0n) is 9.51. The van der Waals surface area contributed by atoms with E-state index in [0.717, 1.165) is 18.7 Å². The monoisotopic (exact) mass is 264 g/mol. The van der Waals surface area contributed by atoms with E-state index in [4.69, 9.17) is 0 Å². The van der Waals surface area contributed by atoms with E-state index in [1.807, 2.05) is 0 Å². The van der Waals surface area contributed by atoms with Crippen molar-refractivity contribution in [2.24, 2.45) is 0 Å². The molecule has 0 aromatic carbocycles. The number of aromatic amines is 1. The third-order valence-electron chi connectivity index (χ3n) is 2.56. The molecule has 0 bridgehead atoms. The highest BCUT2D eigenvalue weighted by Gasteiger charge is 2.27. The molecule has 1 aliphatic carbocycles. The minimum Gasteiger partial charge on any atom is -0.331 e. The smallest absolute Gasteiger partial charge is 0.321 e. The van der Waals surface area contributed by atoms with E-state index in [-0.39, 0.29) is 6.03 Å². The number of hydrogen-bond acceptors (Lipinski definition) is 5. The SMILES string of the molecule is O=C(NCc1nc(C2CC2)n[nH]1)Nc1nccs1. The van der Waals surface area contributed by atoms with Gasteiger partial charge in [-0.15, -0.1) is 11.3 Å². The van der Waals surface area contributed by atoms with Gasteiger partial charge in [0.05, 0.1) is 6.54 Å². The lowest BCUT2D eigenvalue weighted by atomic mass is 10.4. The molecule has 0 saturated heterocycles. The van der Waals surface area contributed by atoms with Crippen molar-refractivity contribution >= 4 is 22.5 Å². The number of hydrogen-bond donors (Lipinski definition) is 3. The lowest BCUT2D eigenvalue weighted by Gasteiger charge is -2.02. The molecule has 0 unspecified atom stereocenters. The second-order valence-corrected chi connectivity index (χ2v) is 4.95. The second-order valence-electron chi connectivity index (χ2n) is 4.06. The first-order valence-corrected chi connectivity index (χ1v) is 6.55. The van der Waals surface area contributed by atoms with Crippen LogP contribution in [0.4, 0.5) is 9.93 Å². The number of thiazole rings is 1. The van der Waals surface area contributed by atoms with Gasteiger partial charge in [-0.3, -0.25) is 10.4 Å². The van der Waals surface area contributed by atoms with Crippen LogP contribution in [0.2, 0.25) is 0 Å². The molecule has 3 rings (SSSR count). The van der Waals surface area contributed by atoms with Crippen LogP contribution in [-0.4, -0.2) is 26.2 Å². The van der Waals surface area contributed by atoms with Crippen molar-refractivity contribution in [1.82, 2.24) is 25.5 Å². The van der Waals surface area contributed by atoms with Crippen LogP contribution in [0.25, 0.3) is 0 Å². The van der Waals surface area contributed by atoms with Gasteiger partial charge in [0.25, 0.3) is 0 Å². The van der Waals surface area contributed by atoms with E-state index in [1.165, 1.54) is 11.3 Å². The Hall–Kier alpha value is -1.96. The van der Waals surface area contributed by atoms with Crippen LogP contribution < -0.4 is 10.6 Å². The van der Waals surface area contributed by atoms with Gasteiger partial charge in [-0.2, -0.15) is 5.10 Å². The summed E-state index contributed by atoms with van der Waals surface area (Å²) in [6.07, 6.45) is 3.96. The van der Waals surface area contributed by atoms with Crippen molar-refractivity contribution in [1.29, 1.82) is 0 Å². The van der Waals surface area contributed by atoms with Gasteiger partial charge in [0.15, 0.2) is 11.0 Å². The lowest BCUT2D eigenvalue weighted by molar-refractivity contribution is 0.251. The molecule has 7 nitrogen and oxygen atoms in total. The molecule has 8 heteroatoms. The number of nitrogens with zero attached hydrogens (tertiary/aromatic N) is 3. The van der Waals surface area contributed by atoms with Crippen LogP contribution in [0.3, 0.4) is 0 Å². The van der Waals surface area contributed by atoms with Crippen molar-refractivity contribution < 1.29 is 4.79 Å². The predicted octanol–water partition coefficient (Wildman–Crippen LogP) is 1.46. The number of urea groups is 1. The molecule has 0 atom stereocenters. The average molecular weight is 264 g/mol. The summed E-state index contributed by atoms with van der Waals surface area (Å²) in [4.78, 5) is 19.8. The van der Waals surface area contributed by atoms with Crippen LogP contribution in [0.1, 0.15) is 30.4 Å². The van der Waals surface area contributed by atoms with Crippen molar-refractivity contribution in [3.8, 4) is 0 Å². The van der Waals surface area contributed by atoms with E-state index in [2.05, 4.69) is 30.8 Å². The predicted molar refractivity (Wildman–Crippen MR) is 66.3 cm³/mol. The molecule has 94 valence electrons. The molecule has 0 spiro atoms. The number of carbonyl (C=O) groups excluding carboxylic acids is 1. The maximum absolute atomic E-state index is 11.5. The van der Waals surface area contributed by atoms with Gasteiger partial charge in [0.2, 0.25) is 0 Å². The topological polar surface area (TPSA) is 95.6 Å². The fourth-order valence-corrected chi connectivity index (χ4v) is 2.03. The number of aromatic nitrogens is 4. The van der Waals surface area contributed by atoms with E-state index in [9.17, 15) is 4.79 Å². The number of amides is 2. The molecule has 2 heterocycles. The van der Waals surface area contributed by atoms with E-state index >= 15 is 0 Å². The van der Waals surface area contributed by atoms with Gasteiger partial charge in [-0.1, -0.05) is 0 Å². The minimum absolute atomic E-state index is 0.297. The van der Waals surface area contributed by atoms with Gasteiger partial charge in [-0.25, -0.2) is 14.8 Å². The Bertz CT molecular complexity index is 532. The second kappa shape index (κ2) is 4.73. The van der Waals surface area contributed by atoms with Crippen LogP contribution in [0, 0.1) is 0 Å². The highest BCUT2D eigenvalue weighted by molar-refractivity contribution is 7.13. The first kappa shape index (κ1) is 11.1. The minimum atomic E-state index is -0.297. The quantitative estimate of drug-likeness (QED) is 0.779. The number of anilines is 1. The van der Waals surface area contributed by atoms with Crippen molar-refractivity contribution in [2.75, 3.05) is 5.32 Å². The summed E-state index contributed by atoms with van der Waals surface area (Å²) >= 11 is 1.37. The van der Waals surface area contributed by atoms with Crippen LogP contribution in [0.5, 0.6) is 0 Å². The molecule has 3 N–H and O–H groups in total. The molecule has 0 aliphatic heterocycles. The lowest BCUT2D eigenvalue weighted by Crippen LogP contribution is -2.28. The standard InChI is InChI=1S/C10H12N6OS/c17-9(14-10-11-3-4-18-10)12-5-7-13-8(16-15-7)6-1-2-6/h3-4,6H,1-2,5H2,(H,13,15,16)(H2,11,12,14,17). The maximum atomic E-state index is 11.5. The van der Waals surface area contributed by atoms with Gasteiger partial charge in [0.1, 0.15) is 5.82 Å². The average Bonchev–Trinajstić information content (AvgIpc) is 2.90. The molecular weight excluding hydrogens is 252 g/mol. The molecule has 2 aromatic heterocycles. The Morgan fingerprint density at radius 3 is 3.17 bits per heavy atom. The molecule has 1 aliphatic rings. The van der Waals surface area contributed by atoms with Crippen LogP contribution in [-0.2, 0) is 6.54 Å². The zero-order chi connectivity index (χ0) is 12.4. The first-order valence-electron chi connectivity index (χ1n) is 5.67. The Morgan fingerprint density at radius 2 is 2.44 bits per heavy atom. The summed E-state index contributed by atoms with van der Waals surface area (Å²) in [5, 5.41) is 14.6. The summed E-state index contributed by atoms with van der Waals surface area (Å²) in [6.45, 7) is 0.330. The largest absolute Gasteiger partial charge is 0.331 e. The number of rotatable bonds is 4. The molecule has 0 radical (unpaired) electrons. The number of carbonyl (C=O) groups is 1. The summed E-state index contributed by atoms with van der Waals surface area (Å²) in [5.41, 5.74) is 0. The Kier molecular flexibility index (Phi) is 2.93. The normalized spacial score (nSPS) is 14.4. The van der Waals surface area contributed by atoms with Crippen LogP contribution in [0.15, 0.2) is 11.6 Å². The summed E-state index contributed by atoms with van der Waals surface area (Å²) in [6, 6.07) is -0.297. The third kappa shape index (κ3) is 2.65. The third-order valence-corrected chi connectivity index (χ3v) is 3.25.